The monoisotopic (exact) mass is 981 g/mol. The van der Waals surface area contributed by atoms with Crippen molar-refractivity contribution in [3.63, 3.8) is 0 Å². The second-order valence-corrected chi connectivity index (χ2v) is 18.9. The summed E-state index contributed by atoms with van der Waals surface area (Å²) < 4.78 is 37.0. The third kappa shape index (κ3) is 24.0. The van der Waals surface area contributed by atoms with Gasteiger partial charge >= 0.3 is 0 Å². The van der Waals surface area contributed by atoms with E-state index in [2.05, 4.69) is 39.8 Å². The molecule has 0 aliphatic carbocycles. The van der Waals surface area contributed by atoms with E-state index in [9.17, 15) is 10.5 Å². The minimum atomic E-state index is 0.558. The van der Waals surface area contributed by atoms with Crippen LogP contribution >= 0.6 is 0 Å². The average Bonchev–Trinajstić information content (AvgIpc) is 3.41. The molecule has 0 atom stereocenters. The van der Waals surface area contributed by atoms with Crippen LogP contribution in [-0.4, -0.2) is 39.6 Å². The van der Waals surface area contributed by atoms with Crippen LogP contribution in [0.25, 0.3) is 23.3 Å². The predicted molar refractivity (Wildman–Crippen MR) is 299 cm³/mol. The molecule has 0 aliphatic heterocycles. The largest absolute Gasteiger partial charge is 0.494 e. The lowest BCUT2D eigenvalue weighted by Crippen LogP contribution is -2.01. The number of hydrogen-bond acceptors (Lipinski definition) is 8. The summed E-state index contributed by atoms with van der Waals surface area (Å²) in [4.78, 5) is 0. The Morgan fingerprint density at radius 1 is 0.333 bits per heavy atom. The smallest absolute Gasteiger partial charge is 0.126 e. The molecule has 0 heterocycles. The number of rotatable bonds is 41. The molecule has 0 amide bonds. The normalized spacial score (nSPS) is 11.5. The summed E-state index contributed by atoms with van der Waals surface area (Å²) in [5, 5.41) is 20.5. The molecule has 8 nitrogen and oxygen atoms in total. The van der Waals surface area contributed by atoms with Gasteiger partial charge in [-0.25, -0.2) is 0 Å². The van der Waals surface area contributed by atoms with Crippen molar-refractivity contribution in [1.82, 2.24) is 0 Å². The van der Waals surface area contributed by atoms with Gasteiger partial charge in [-0.2, -0.15) is 10.5 Å². The second-order valence-electron chi connectivity index (χ2n) is 18.9. The summed E-state index contributed by atoms with van der Waals surface area (Å²) in [6.07, 6.45) is 31.3. The molecule has 0 aliphatic rings. The topological polar surface area (TPSA) is 103 Å². The molecule has 0 unspecified atom stereocenters. The molecule has 0 aromatic heterocycles. The first-order valence-corrected chi connectivity index (χ1v) is 28.0. The Balaban J connectivity index is 1.23. The highest BCUT2D eigenvalue weighted by molar-refractivity contribution is 5.92. The van der Waals surface area contributed by atoms with E-state index in [4.69, 9.17) is 28.4 Å². The van der Waals surface area contributed by atoms with E-state index >= 15 is 0 Å². The Labute approximate surface area is 435 Å². The Kier molecular flexibility index (Phi) is 30.9. The van der Waals surface area contributed by atoms with Gasteiger partial charge in [0.2, 0.25) is 0 Å². The van der Waals surface area contributed by atoms with Gasteiger partial charge in [-0.15, -0.1) is 0 Å². The van der Waals surface area contributed by atoms with Crippen molar-refractivity contribution in [1.29, 1.82) is 10.5 Å². The first kappa shape index (κ1) is 58.7. The minimum Gasteiger partial charge on any atom is -0.494 e. The highest BCUT2D eigenvalue weighted by Gasteiger charge is 2.12. The van der Waals surface area contributed by atoms with Crippen LogP contribution in [0.2, 0.25) is 0 Å². The van der Waals surface area contributed by atoms with Crippen LogP contribution in [0, 0.1) is 22.7 Å². The fourth-order valence-electron chi connectivity index (χ4n) is 8.36. The van der Waals surface area contributed by atoms with Crippen molar-refractivity contribution in [2.24, 2.45) is 0 Å². The molecule has 4 aromatic rings. The van der Waals surface area contributed by atoms with Crippen LogP contribution in [-0.2, 0) is 0 Å². The Morgan fingerprint density at radius 2 is 0.597 bits per heavy atom. The Hall–Kier alpha value is -5.86. The zero-order valence-electron chi connectivity index (χ0n) is 44.8. The van der Waals surface area contributed by atoms with Crippen molar-refractivity contribution >= 4 is 23.3 Å². The van der Waals surface area contributed by atoms with E-state index in [1.165, 1.54) is 89.9 Å². The van der Waals surface area contributed by atoms with Crippen molar-refractivity contribution in [3.05, 3.63) is 107 Å². The molecule has 0 bridgehead atoms. The molecular formula is C64H88N2O6. The molecule has 0 N–H and O–H groups in total. The van der Waals surface area contributed by atoms with Crippen LogP contribution in [0.3, 0.4) is 0 Å². The second kappa shape index (κ2) is 37.9. The maximum Gasteiger partial charge on any atom is 0.126 e. The van der Waals surface area contributed by atoms with Crippen molar-refractivity contribution in [3.8, 4) is 46.6 Å². The van der Waals surface area contributed by atoms with Crippen molar-refractivity contribution < 1.29 is 28.4 Å². The molecule has 8 heteroatoms. The zero-order valence-corrected chi connectivity index (χ0v) is 44.8. The number of ether oxygens (including phenoxy) is 6. The van der Waals surface area contributed by atoms with Crippen molar-refractivity contribution in [2.75, 3.05) is 39.6 Å². The molecular weight excluding hydrogens is 893 g/mol. The van der Waals surface area contributed by atoms with Gasteiger partial charge in [-0.1, -0.05) is 130 Å². The maximum atomic E-state index is 10.3. The first-order valence-electron chi connectivity index (χ1n) is 28.0. The van der Waals surface area contributed by atoms with E-state index in [0.717, 1.165) is 121 Å². The van der Waals surface area contributed by atoms with Gasteiger partial charge in [0, 0.05) is 11.1 Å². The maximum absolute atomic E-state index is 10.3. The zero-order chi connectivity index (χ0) is 51.1. The van der Waals surface area contributed by atoms with Crippen LogP contribution < -0.4 is 28.4 Å². The molecule has 0 radical (unpaired) electrons. The highest BCUT2D eigenvalue weighted by atomic mass is 16.5. The van der Waals surface area contributed by atoms with E-state index in [1.807, 2.05) is 97.1 Å². The van der Waals surface area contributed by atoms with Crippen LogP contribution in [0.1, 0.15) is 204 Å². The molecule has 0 saturated carbocycles. The summed E-state index contributed by atoms with van der Waals surface area (Å²) in [7, 11) is 0. The van der Waals surface area contributed by atoms with Crippen LogP contribution in [0.4, 0.5) is 0 Å². The third-order valence-electron chi connectivity index (χ3n) is 12.8. The van der Waals surface area contributed by atoms with Gasteiger partial charge < -0.3 is 28.4 Å². The van der Waals surface area contributed by atoms with Crippen molar-refractivity contribution in [2.45, 2.75) is 182 Å². The minimum absolute atomic E-state index is 0.558. The van der Waals surface area contributed by atoms with E-state index in [1.54, 1.807) is 0 Å². The molecule has 0 fully saturated rings. The highest BCUT2D eigenvalue weighted by Crippen LogP contribution is 2.32. The van der Waals surface area contributed by atoms with Crippen LogP contribution in [0.5, 0.6) is 34.5 Å². The summed E-state index contributed by atoms with van der Waals surface area (Å²) in [5.41, 5.74) is 4.46. The van der Waals surface area contributed by atoms with E-state index < -0.39 is 0 Å². The molecule has 4 rings (SSSR count). The number of nitriles is 2. The summed E-state index contributed by atoms with van der Waals surface area (Å²) in [6, 6.07) is 32.3. The van der Waals surface area contributed by atoms with E-state index in [0.29, 0.717) is 50.8 Å². The number of nitrogens with zero attached hydrogens (tertiary/aromatic N) is 2. The molecule has 4 aromatic carbocycles. The lowest BCUT2D eigenvalue weighted by molar-refractivity contribution is 0.287. The predicted octanol–water partition coefficient (Wildman–Crippen LogP) is 18.2. The summed E-state index contributed by atoms with van der Waals surface area (Å²) >= 11 is 0. The van der Waals surface area contributed by atoms with Gasteiger partial charge in [0.1, 0.15) is 34.5 Å². The van der Waals surface area contributed by atoms with Gasteiger partial charge in [-0.05, 0) is 160 Å². The number of unbranched alkanes of at least 4 members (excludes halogenated alkanes) is 19. The fraction of sp³-hybridized carbons (Fsp3) is 0.531. The van der Waals surface area contributed by atoms with Gasteiger partial charge in [0.15, 0.2) is 0 Å². The van der Waals surface area contributed by atoms with E-state index in [-0.39, 0.29) is 0 Å². The summed E-state index contributed by atoms with van der Waals surface area (Å²) in [6.45, 7) is 12.8. The lowest BCUT2D eigenvalue weighted by atomic mass is 10.0. The first-order chi connectivity index (χ1) is 35.5. The average molecular weight is 981 g/mol. The quantitative estimate of drug-likeness (QED) is 0.0246. The third-order valence-corrected chi connectivity index (χ3v) is 12.8. The number of benzene rings is 4. The number of hydrogen-bond donors (Lipinski definition) is 0. The fourth-order valence-corrected chi connectivity index (χ4v) is 8.36. The Morgan fingerprint density at radius 3 is 0.889 bits per heavy atom. The molecule has 390 valence electrons. The van der Waals surface area contributed by atoms with Gasteiger partial charge in [0.25, 0.3) is 0 Å². The lowest BCUT2D eigenvalue weighted by Gasteiger charge is -2.13. The SMILES string of the molecule is CCCCCCCOc1ccc(OCCCCCCC)c(/C=C(\C#N)c2ccc(OCCCCCCOc3ccc(/C(C#N)=C/c4cc(OCCCCCCC)ccc4OCCCCCCC)cc3)cc2)c1. The number of allylic oxidation sites excluding steroid dienone is 2. The molecule has 72 heavy (non-hydrogen) atoms. The van der Waals surface area contributed by atoms with Gasteiger partial charge in [0.05, 0.1) is 62.9 Å². The Bertz CT molecular complexity index is 2040. The van der Waals surface area contributed by atoms with Gasteiger partial charge in [-0.3, -0.25) is 0 Å². The molecule has 0 spiro atoms. The van der Waals surface area contributed by atoms with Crippen LogP contribution in [0.15, 0.2) is 84.9 Å². The summed E-state index contributed by atoms with van der Waals surface area (Å²) in [5.74, 6) is 4.69. The molecule has 0 saturated heterocycles. The standard InChI is InChI=1S/C64H88N2O6/c1-5-9-13-17-23-43-69-61-37-39-63(71-45-27-19-15-11-7-3)55(49-61)47-57(51-65)53-29-33-59(34-30-53)67-41-25-21-22-26-42-68-60-35-31-54(32-36-60)58(52-66)48-56-50-62(70-44-24-18-14-10-6-2)38-40-64(56)72-46-28-20-16-12-8-4/h29-40,47-50H,5-28,41-46H2,1-4H3/b57-47+,58-48+.